The maximum atomic E-state index is 6.42. The molecule has 0 saturated carbocycles. The molecule has 7 rings (SSSR count). The number of benzene rings is 1. The van der Waals surface area contributed by atoms with Crippen LogP contribution < -0.4 is 14.2 Å². The Morgan fingerprint density at radius 2 is 2.04 bits per heavy atom. The zero-order valence-electron chi connectivity index (χ0n) is 16.8. The van der Waals surface area contributed by atoms with Crippen LogP contribution in [0.2, 0.25) is 0 Å². The number of piperidine rings is 3. The smallest absolute Gasteiger partial charge is 0.205 e. The van der Waals surface area contributed by atoms with Crippen LogP contribution >= 0.6 is 0 Å². The Morgan fingerprint density at radius 3 is 2.75 bits per heavy atom. The molecule has 6 atom stereocenters. The lowest BCUT2D eigenvalue weighted by molar-refractivity contribution is -0.0150. The minimum Gasteiger partial charge on any atom is -0.493 e. The molecular formula is C22H26N2O4. The highest BCUT2D eigenvalue weighted by Crippen LogP contribution is 2.65. The van der Waals surface area contributed by atoms with Crippen molar-refractivity contribution in [2.45, 2.75) is 37.3 Å². The summed E-state index contributed by atoms with van der Waals surface area (Å²) in [5.41, 5.74) is 3.42. The van der Waals surface area contributed by atoms with Crippen LogP contribution in [0.25, 0.3) is 0 Å². The number of methoxy groups -OCH3 is 3. The fourth-order valence-electron chi connectivity index (χ4n) is 6.79. The van der Waals surface area contributed by atoms with Gasteiger partial charge in [-0.15, -0.1) is 0 Å². The maximum absolute atomic E-state index is 6.42. The second kappa shape index (κ2) is 5.44. The van der Waals surface area contributed by atoms with Crippen molar-refractivity contribution < 1.29 is 18.9 Å². The SMILES string of the molecule is C/C=C1/CN2[C@H]3C[C@H]1[C@@H]1COC4=Nc5c(cc(OC)c(OC)c5OC)[C@@]43C[C@@H]12. The summed E-state index contributed by atoms with van der Waals surface area (Å²) in [5.74, 6) is 4.01. The molecule has 1 spiro atoms. The number of allylic oxidation sites excluding steroid dienone is 1. The lowest BCUT2D eigenvalue weighted by Crippen LogP contribution is -2.61. The molecule has 5 bridgehead atoms. The average Bonchev–Trinajstić information content (AvgIpc) is 3.08. The first-order valence-electron chi connectivity index (χ1n) is 10.1. The van der Waals surface area contributed by atoms with E-state index in [-0.39, 0.29) is 5.41 Å². The van der Waals surface area contributed by atoms with Gasteiger partial charge in [-0.05, 0) is 31.7 Å². The Bertz CT molecular complexity index is 939. The lowest BCUT2D eigenvalue weighted by atomic mass is 9.68. The van der Waals surface area contributed by atoms with Crippen molar-refractivity contribution in [1.29, 1.82) is 0 Å². The summed E-state index contributed by atoms with van der Waals surface area (Å²) < 4.78 is 23.4. The minimum atomic E-state index is -0.199. The third-order valence-corrected chi connectivity index (χ3v) is 7.92. The summed E-state index contributed by atoms with van der Waals surface area (Å²) in [6.45, 7) is 4.01. The predicted molar refractivity (Wildman–Crippen MR) is 105 cm³/mol. The Balaban J connectivity index is 1.59. The monoisotopic (exact) mass is 382 g/mol. The largest absolute Gasteiger partial charge is 0.493 e. The van der Waals surface area contributed by atoms with Crippen molar-refractivity contribution in [3.05, 3.63) is 23.3 Å². The van der Waals surface area contributed by atoms with E-state index in [1.807, 2.05) is 0 Å². The molecule has 28 heavy (non-hydrogen) atoms. The average molecular weight is 382 g/mol. The Morgan fingerprint density at radius 1 is 1.21 bits per heavy atom. The molecule has 5 fully saturated rings. The van der Waals surface area contributed by atoms with Crippen molar-refractivity contribution >= 4 is 11.6 Å². The molecule has 5 saturated heterocycles. The van der Waals surface area contributed by atoms with E-state index in [1.165, 1.54) is 12.0 Å². The summed E-state index contributed by atoms with van der Waals surface area (Å²) in [5, 5.41) is 0. The van der Waals surface area contributed by atoms with Crippen LogP contribution in [-0.4, -0.2) is 57.4 Å². The number of nitrogens with zero attached hydrogens (tertiary/aromatic N) is 2. The van der Waals surface area contributed by atoms with Crippen LogP contribution in [0, 0.1) is 11.8 Å². The molecule has 0 N–H and O–H groups in total. The number of fused-ring (bicyclic) bond motifs is 2. The Labute approximate surface area is 165 Å². The highest BCUT2D eigenvalue weighted by atomic mass is 16.5. The van der Waals surface area contributed by atoms with E-state index < -0.39 is 0 Å². The summed E-state index contributed by atoms with van der Waals surface area (Å²) in [6, 6.07) is 3.10. The minimum absolute atomic E-state index is 0.199. The maximum Gasteiger partial charge on any atom is 0.205 e. The second-order valence-corrected chi connectivity index (χ2v) is 8.57. The molecule has 0 amide bonds. The van der Waals surface area contributed by atoms with E-state index in [9.17, 15) is 0 Å². The van der Waals surface area contributed by atoms with Crippen LogP contribution in [0.1, 0.15) is 25.3 Å². The van der Waals surface area contributed by atoms with E-state index >= 15 is 0 Å². The van der Waals surface area contributed by atoms with Gasteiger partial charge in [0, 0.05) is 30.1 Å². The fraction of sp³-hybridized carbons (Fsp3) is 0.591. The third-order valence-electron chi connectivity index (χ3n) is 7.92. The lowest BCUT2D eigenvalue weighted by Gasteiger charge is -2.54. The van der Waals surface area contributed by atoms with E-state index in [4.69, 9.17) is 23.9 Å². The van der Waals surface area contributed by atoms with Crippen LogP contribution in [0.5, 0.6) is 17.2 Å². The van der Waals surface area contributed by atoms with E-state index in [0.717, 1.165) is 31.2 Å². The topological polar surface area (TPSA) is 52.5 Å². The van der Waals surface area contributed by atoms with Crippen LogP contribution in [0.4, 0.5) is 5.69 Å². The molecule has 1 unspecified atom stereocenters. The standard InChI is InChI=1S/C22H26N2O4/c1-5-11-9-24-15-8-22-14-7-16(25-2)19(26-3)20(27-4)18(14)23-21(22)28-10-13(15)12(11)6-17(22)24/h5,7,12-13,15,17H,6,8-10H2,1-4H3/b11-5-/t12-,13+,15+,17+,22-/m1/s1. The highest BCUT2D eigenvalue weighted by Gasteiger charge is 2.69. The molecule has 148 valence electrons. The zero-order chi connectivity index (χ0) is 19.2. The van der Waals surface area contributed by atoms with Crippen molar-refractivity contribution in [2.75, 3.05) is 34.5 Å². The van der Waals surface area contributed by atoms with Crippen molar-refractivity contribution in [1.82, 2.24) is 4.90 Å². The van der Waals surface area contributed by atoms with E-state index in [1.54, 1.807) is 26.9 Å². The number of ether oxygens (including phenoxy) is 4. The fourth-order valence-corrected chi connectivity index (χ4v) is 6.79. The van der Waals surface area contributed by atoms with Gasteiger partial charge < -0.3 is 18.9 Å². The van der Waals surface area contributed by atoms with Crippen LogP contribution in [-0.2, 0) is 10.2 Å². The molecule has 6 aliphatic heterocycles. The highest BCUT2D eigenvalue weighted by molar-refractivity contribution is 6.00. The van der Waals surface area contributed by atoms with Crippen LogP contribution in [0.3, 0.4) is 0 Å². The molecule has 1 aromatic rings. The van der Waals surface area contributed by atoms with Gasteiger partial charge in [0.05, 0.1) is 33.4 Å². The first-order chi connectivity index (χ1) is 13.7. The van der Waals surface area contributed by atoms with E-state index in [2.05, 4.69) is 24.0 Å². The quantitative estimate of drug-likeness (QED) is 0.752. The summed E-state index contributed by atoms with van der Waals surface area (Å²) in [6.07, 6.45) is 4.57. The van der Waals surface area contributed by atoms with Gasteiger partial charge in [-0.3, -0.25) is 4.90 Å². The Hall–Kier alpha value is -2.21. The van der Waals surface area contributed by atoms with Crippen molar-refractivity contribution in [2.24, 2.45) is 16.8 Å². The normalized spacial score (nSPS) is 39.9. The Kier molecular flexibility index (Phi) is 3.25. The molecular weight excluding hydrogens is 356 g/mol. The van der Waals surface area contributed by atoms with Gasteiger partial charge in [-0.25, -0.2) is 4.99 Å². The first kappa shape index (κ1) is 16.7. The zero-order valence-corrected chi connectivity index (χ0v) is 16.8. The molecule has 6 nitrogen and oxygen atoms in total. The molecule has 6 heterocycles. The number of rotatable bonds is 3. The molecule has 0 aromatic heterocycles. The summed E-state index contributed by atoms with van der Waals surface area (Å²) in [4.78, 5) is 7.72. The molecule has 6 heteroatoms. The van der Waals surface area contributed by atoms with Gasteiger partial charge in [0.15, 0.2) is 11.5 Å². The molecule has 0 aliphatic carbocycles. The number of hydrogen-bond acceptors (Lipinski definition) is 6. The number of hydrogen-bond donors (Lipinski definition) is 0. The second-order valence-electron chi connectivity index (χ2n) is 8.57. The van der Waals surface area contributed by atoms with Gasteiger partial charge >= 0.3 is 0 Å². The van der Waals surface area contributed by atoms with Gasteiger partial charge in [-0.1, -0.05) is 11.6 Å². The van der Waals surface area contributed by atoms with Gasteiger partial charge in [0.1, 0.15) is 5.69 Å². The summed E-state index contributed by atoms with van der Waals surface area (Å²) in [7, 11) is 4.98. The predicted octanol–water partition coefficient (Wildman–Crippen LogP) is 3.06. The first-order valence-corrected chi connectivity index (χ1v) is 10.1. The van der Waals surface area contributed by atoms with Crippen LogP contribution in [0.15, 0.2) is 22.7 Å². The van der Waals surface area contributed by atoms with Gasteiger partial charge in [-0.2, -0.15) is 0 Å². The third kappa shape index (κ3) is 1.68. The molecule has 6 aliphatic rings. The van der Waals surface area contributed by atoms with E-state index in [0.29, 0.717) is 41.2 Å². The molecule has 0 radical (unpaired) electrons. The van der Waals surface area contributed by atoms with Crippen molar-refractivity contribution in [3.63, 3.8) is 0 Å². The van der Waals surface area contributed by atoms with Gasteiger partial charge in [0.25, 0.3) is 0 Å². The van der Waals surface area contributed by atoms with Gasteiger partial charge in [0.2, 0.25) is 11.6 Å². The summed E-state index contributed by atoms with van der Waals surface area (Å²) >= 11 is 0. The van der Waals surface area contributed by atoms with Crippen molar-refractivity contribution in [3.8, 4) is 17.2 Å². The number of aliphatic imine (C=N–C) groups is 1. The molecule has 1 aromatic carbocycles.